The fourth-order valence-corrected chi connectivity index (χ4v) is 8.76. The first-order valence-electron chi connectivity index (χ1n) is 6.96. The Bertz CT molecular complexity index is 461. The summed E-state index contributed by atoms with van der Waals surface area (Å²) in [5, 5.41) is 0. The molecule has 0 amide bonds. The molecule has 0 fully saturated rings. The molecule has 104 valence electrons. The Hall–Kier alpha value is -0.343. The van der Waals surface area contributed by atoms with E-state index in [1.807, 2.05) is 12.3 Å². The molecule has 0 radical (unpaired) electrons. The normalized spacial score (nSPS) is 11.9. The van der Waals surface area contributed by atoms with Gasteiger partial charge in [0.2, 0.25) is 0 Å². The van der Waals surface area contributed by atoms with E-state index in [0.29, 0.717) is 16.6 Å². The van der Waals surface area contributed by atoms with Gasteiger partial charge in [-0.25, -0.2) is 4.98 Å². The largest absolute Gasteiger partial charge is 0.247 e. The van der Waals surface area contributed by atoms with E-state index in [4.69, 9.17) is 0 Å². The van der Waals surface area contributed by atoms with Gasteiger partial charge in [0.15, 0.2) is 0 Å². The first-order valence-corrected chi connectivity index (χ1v) is 10.3. The van der Waals surface area contributed by atoms with Crippen LogP contribution in [-0.2, 0) is 0 Å². The molecule has 0 saturated heterocycles. The summed E-state index contributed by atoms with van der Waals surface area (Å²) in [7, 11) is -1.64. The van der Waals surface area contributed by atoms with Gasteiger partial charge in [-0.2, -0.15) is 0 Å². The lowest BCUT2D eigenvalue weighted by molar-refractivity contribution is 0.838. The quantitative estimate of drug-likeness (QED) is 0.393. The van der Waals surface area contributed by atoms with E-state index in [0.717, 1.165) is 9.26 Å². The molecule has 1 aromatic rings. The number of pyridine rings is 1. The van der Waals surface area contributed by atoms with Crippen molar-refractivity contribution in [2.24, 2.45) is 0 Å². The second-order valence-electron chi connectivity index (χ2n) is 5.98. The highest BCUT2D eigenvalue weighted by Crippen LogP contribution is 2.40. The Kier molecular flexibility index (Phi) is 6.06. The minimum Gasteiger partial charge on any atom is -0.247 e. The molecule has 0 saturated carbocycles. The average molecular weight is 385 g/mol. The van der Waals surface area contributed by atoms with Crippen LogP contribution in [0.2, 0.25) is 16.6 Å². The van der Waals surface area contributed by atoms with Crippen molar-refractivity contribution >= 4 is 30.7 Å². The molecular weight excluding hydrogens is 361 g/mol. The molecule has 0 spiro atoms. The maximum absolute atomic E-state index is 4.40. The van der Waals surface area contributed by atoms with Crippen LogP contribution in [0.1, 0.15) is 47.2 Å². The molecule has 1 heterocycles. The highest BCUT2D eigenvalue weighted by atomic mass is 127. The molecule has 0 aliphatic rings. The topological polar surface area (TPSA) is 12.9 Å². The minimum absolute atomic E-state index is 0.668. The maximum atomic E-state index is 4.40. The summed E-state index contributed by atoms with van der Waals surface area (Å²) in [5.41, 5.74) is 6.65. The van der Waals surface area contributed by atoms with Crippen molar-refractivity contribution in [2.45, 2.75) is 58.2 Å². The summed E-state index contributed by atoms with van der Waals surface area (Å²) < 4.78 is 1.15. The number of nitrogens with zero attached hydrogens (tertiary/aromatic N) is 1. The van der Waals surface area contributed by atoms with Crippen molar-refractivity contribution in [3.8, 4) is 11.5 Å². The van der Waals surface area contributed by atoms with Crippen molar-refractivity contribution < 1.29 is 0 Å². The molecular formula is C16H24INSi. The molecule has 0 aliphatic heterocycles. The van der Waals surface area contributed by atoms with Crippen LogP contribution in [-0.4, -0.2) is 13.1 Å². The lowest BCUT2D eigenvalue weighted by Crippen LogP contribution is -2.43. The van der Waals surface area contributed by atoms with Crippen molar-refractivity contribution in [3.63, 3.8) is 0 Å². The molecule has 0 atom stereocenters. The monoisotopic (exact) mass is 385 g/mol. The van der Waals surface area contributed by atoms with Crippen LogP contribution in [0.15, 0.2) is 18.3 Å². The molecule has 1 aromatic heterocycles. The number of hydrogen-bond donors (Lipinski definition) is 0. The van der Waals surface area contributed by atoms with Gasteiger partial charge in [0.05, 0.1) is 0 Å². The van der Waals surface area contributed by atoms with Crippen molar-refractivity contribution in [1.82, 2.24) is 4.98 Å². The van der Waals surface area contributed by atoms with Crippen LogP contribution in [0.4, 0.5) is 0 Å². The third-order valence-corrected chi connectivity index (χ3v) is 11.2. The third-order valence-electron chi connectivity index (χ3n) is 4.02. The van der Waals surface area contributed by atoms with Crippen molar-refractivity contribution in [2.75, 3.05) is 0 Å². The summed E-state index contributed by atoms with van der Waals surface area (Å²) in [5.74, 6) is 3.39. The third kappa shape index (κ3) is 3.60. The average Bonchev–Trinajstić information content (AvgIpc) is 2.30. The second-order valence-corrected chi connectivity index (χ2v) is 12.7. The maximum Gasteiger partial charge on any atom is 0.146 e. The summed E-state index contributed by atoms with van der Waals surface area (Å²) in [6, 6.07) is 4.03. The number of aromatic nitrogens is 1. The summed E-state index contributed by atoms with van der Waals surface area (Å²) in [6.45, 7) is 14.0. The molecule has 0 unspecified atom stereocenters. The van der Waals surface area contributed by atoms with Gasteiger partial charge in [0.1, 0.15) is 13.8 Å². The Morgan fingerprint density at radius 2 is 1.58 bits per heavy atom. The van der Waals surface area contributed by atoms with Crippen LogP contribution in [0.5, 0.6) is 0 Å². The molecule has 1 rings (SSSR count). The highest BCUT2D eigenvalue weighted by Gasteiger charge is 2.41. The Balaban J connectivity index is 3.28. The van der Waals surface area contributed by atoms with E-state index in [1.165, 1.54) is 0 Å². The van der Waals surface area contributed by atoms with E-state index in [-0.39, 0.29) is 0 Å². The zero-order chi connectivity index (χ0) is 14.6. The smallest absolute Gasteiger partial charge is 0.146 e. The Labute approximate surface area is 132 Å². The standard InChI is InChI=1S/C16H24INSi/c1-12(2)19(13(3)4,14(5)6)11-9-16-15(17)8-7-10-18-16/h7-8,10,12-14H,1-6H3. The number of rotatable bonds is 3. The zero-order valence-corrected chi connectivity index (χ0v) is 15.9. The van der Waals surface area contributed by atoms with Gasteiger partial charge in [0, 0.05) is 9.77 Å². The SMILES string of the molecule is CC(C)[Si](C#Cc1ncccc1I)(C(C)C)C(C)C. The molecule has 0 aromatic carbocycles. The lowest BCUT2D eigenvalue weighted by Gasteiger charge is -2.38. The van der Waals surface area contributed by atoms with Crippen molar-refractivity contribution in [3.05, 3.63) is 27.6 Å². The Morgan fingerprint density at radius 1 is 1.05 bits per heavy atom. The highest BCUT2D eigenvalue weighted by molar-refractivity contribution is 14.1. The number of hydrogen-bond acceptors (Lipinski definition) is 1. The summed E-state index contributed by atoms with van der Waals surface area (Å²) in [6.07, 6.45) is 1.83. The Morgan fingerprint density at radius 3 is 2.00 bits per heavy atom. The summed E-state index contributed by atoms with van der Waals surface area (Å²) in [4.78, 5) is 4.40. The second kappa shape index (κ2) is 6.89. The van der Waals surface area contributed by atoms with E-state index >= 15 is 0 Å². The van der Waals surface area contributed by atoms with Gasteiger partial charge in [-0.05, 0) is 51.3 Å². The minimum atomic E-state index is -1.64. The molecule has 0 aliphatic carbocycles. The predicted octanol–water partition coefficient (Wildman–Crippen LogP) is 5.26. The van der Waals surface area contributed by atoms with Gasteiger partial charge in [0.25, 0.3) is 0 Å². The van der Waals surface area contributed by atoms with Gasteiger partial charge in [-0.1, -0.05) is 47.5 Å². The molecule has 0 bridgehead atoms. The van der Waals surface area contributed by atoms with Gasteiger partial charge in [-0.15, -0.1) is 5.54 Å². The van der Waals surface area contributed by atoms with Crippen LogP contribution >= 0.6 is 22.6 Å². The van der Waals surface area contributed by atoms with Crippen LogP contribution < -0.4 is 0 Å². The van der Waals surface area contributed by atoms with Gasteiger partial charge in [-0.3, -0.25) is 0 Å². The van der Waals surface area contributed by atoms with E-state index in [2.05, 4.69) is 86.6 Å². The predicted molar refractivity (Wildman–Crippen MR) is 94.9 cm³/mol. The molecule has 0 N–H and O–H groups in total. The van der Waals surface area contributed by atoms with E-state index in [9.17, 15) is 0 Å². The molecule has 1 nitrogen and oxygen atoms in total. The zero-order valence-electron chi connectivity index (χ0n) is 12.8. The van der Waals surface area contributed by atoms with E-state index < -0.39 is 8.07 Å². The number of halogens is 1. The molecule has 3 heteroatoms. The lowest BCUT2D eigenvalue weighted by atomic mass is 10.4. The van der Waals surface area contributed by atoms with Crippen LogP contribution in [0.25, 0.3) is 0 Å². The fraction of sp³-hybridized carbons (Fsp3) is 0.562. The van der Waals surface area contributed by atoms with Crippen LogP contribution in [0, 0.1) is 15.0 Å². The first kappa shape index (κ1) is 16.7. The van der Waals surface area contributed by atoms with Crippen molar-refractivity contribution in [1.29, 1.82) is 0 Å². The van der Waals surface area contributed by atoms with Gasteiger partial charge >= 0.3 is 0 Å². The summed E-state index contributed by atoms with van der Waals surface area (Å²) >= 11 is 2.31. The molecule has 19 heavy (non-hydrogen) atoms. The van der Waals surface area contributed by atoms with Gasteiger partial charge < -0.3 is 0 Å². The van der Waals surface area contributed by atoms with E-state index in [1.54, 1.807) is 0 Å². The fourth-order valence-electron chi connectivity index (χ4n) is 3.08. The first-order chi connectivity index (χ1) is 8.82. The van der Waals surface area contributed by atoms with Crippen LogP contribution in [0.3, 0.4) is 0 Å².